The lowest BCUT2D eigenvalue weighted by Crippen LogP contribution is -2.33. The van der Waals surface area contributed by atoms with Crippen LogP contribution in [-0.4, -0.2) is 23.5 Å². The number of urea groups is 1. The molecule has 1 saturated heterocycles. The first kappa shape index (κ1) is 19.4. The summed E-state index contributed by atoms with van der Waals surface area (Å²) in [6.07, 6.45) is -1.41. The van der Waals surface area contributed by atoms with Crippen molar-refractivity contribution >= 4 is 23.3 Å². The molecule has 4 rings (SSSR count). The molecule has 1 fully saturated rings. The van der Waals surface area contributed by atoms with Crippen molar-refractivity contribution in [2.75, 3.05) is 16.3 Å². The van der Waals surface area contributed by atoms with Gasteiger partial charge >= 0.3 is 12.2 Å². The molecule has 0 unspecified atom stereocenters. The Morgan fingerprint density at radius 1 is 0.900 bits per heavy atom. The van der Waals surface area contributed by atoms with Gasteiger partial charge in [-0.15, -0.1) is 0 Å². The highest BCUT2D eigenvalue weighted by molar-refractivity contribution is 6.26. The molecule has 0 radical (unpaired) electrons. The summed E-state index contributed by atoms with van der Waals surface area (Å²) in [6.45, 7) is -0.353. The van der Waals surface area contributed by atoms with Crippen LogP contribution in [0.5, 0.6) is 11.5 Å². The van der Waals surface area contributed by atoms with E-state index >= 15 is 0 Å². The molecule has 0 atom stereocenters. The zero-order valence-electron chi connectivity index (χ0n) is 15.3. The quantitative estimate of drug-likeness (QED) is 0.573. The van der Waals surface area contributed by atoms with Crippen LogP contribution in [0.4, 0.5) is 29.3 Å². The summed E-state index contributed by atoms with van der Waals surface area (Å²) in [4.78, 5) is 31.1. The molecule has 0 N–H and O–H groups in total. The van der Waals surface area contributed by atoms with E-state index in [-0.39, 0.29) is 17.9 Å². The number of hydrogen-bond acceptors (Lipinski definition) is 4. The van der Waals surface area contributed by atoms with Crippen LogP contribution in [0.2, 0.25) is 0 Å². The molecular weight excluding hydrogens is 399 g/mol. The molecule has 0 saturated carbocycles. The Kier molecular flexibility index (Phi) is 4.86. The van der Waals surface area contributed by atoms with E-state index in [0.29, 0.717) is 11.5 Å². The van der Waals surface area contributed by atoms with Crippen LogP contribution in [0, 0.1) is 0 Å². The molecule has 0 bridgehead atoms. The normalized spacial score (nSPS) is 14.4. The fourth-order valence-electron chi connectivity index (χ4n) is 3.01. The maximum absolute atomic E-state index is 13.0. The molecule has 0 aliphatic carbocycles. The van der Waals surface area contributed by atoms with Crippen LogP contribution in [0.25, 0.3) is 0 Å². The van der Waals surface area contributed by atoms with Crippen LogP contribution in [0.3, 0.4) is 0 Å². The molecule has 0 spiro atoms. The minimum atomic E-state index is -4.55. The van der Waals surface area contributed by atoms with Crippen molar-refractivity contribution in [1.29, 1.82) is 0 Å². The minimum absolute atomic E-state index is 0.00204. The van der Waals surface area contributed by atoms with Crippen LogP contribution in [0.15, 0.2) is 73.1 Å². The maximum Gasteiger partial charge on any atom is 0.416 e. The highest BCUT2D eigenvalue weighted by Crippen LogP contribution is 2.34. The number of carbonyl (C=O) groups is 2. The molecule has 152 valence electrons. The first-order valence-electron chi connectivity index (χ1n) is 8.82. The third-order valence-corrected chi connectivity index (χ3v) is 4.42. The molecule has 1 aromatic heterocycles. The van der Waals surface area contributed by atoms with Gasteiger partial charge in [0, 0.05) is 11.9 Å². The number of rotatable bonds is 4. The number of aromatic nitrogens is 1. The van der Waals surface area contributed by atoms with E-state index in [1.54, 1.807) is 30.5 Å². The van der Waals surface area contributed by atoms with Crippen molar-refractivity contribution in [3.05, 3.63) is 78.6 Å². The zero-order valence-corrected chi connectivity index (χ0v) is 15.3. The van der Waals surface area contributed by atoms with Crippen LogP contribution < -0.4 is 14.5 Å². The predicted octanol–water partition coefficient (Wildman–Crippen LogP) is 4.87. The predicted molar refractivity (Wildman–Crippen MR) is 102 cm³/mol. The summed E-state index contributed by atoms with van der Waals surface area (Å²) in [5.74, 6) is 0.452. The number of amides is 3. The fraction of sp³-hybridized carbons (Fsp3) is 0.0952. The van der Waals surface area contributed by atoms with Gasteiger partial charge in [0.05, 0.1) is 17.4 Å². The first-order chi connectivity index (χ1) is 14.3. The van der Waals surface area contributed by atoms with Crippen molar-refractivity contribution in [2.45, 2.75) is 6.18 Å². The highest BCUT2D eigenvalue weighted by atomic mass is 19.4. The SMILES string of the molecule is O=C1CN(c2cccc(C(F)(F)F)c2)C(=O)N1c1ccc(Oc2cccnc2)cc1. The molecular formula is C21H14F3N3O3. The van der Waals surface area contributed by atoms with Gasteiger partial charge in [-0.3, -0.25) is 14.7 Å². The van der Waals surface area contributed by atoms with E-state index in [4.69, 9.17) is 4.74 Å². The number of benzene rings is 2. The minimum Gasteiger partial charge on any atom is -0.456 e. The summed E-state index contributed by atoms with van der Waals surface area (Å²) in [6, 6.07) is 13.2. The number of ether oxygens (including phenoxy) is 1. The molecule has 2 heterocycles. The van der Waals surface area contributed by atoms with Crippen LogP contribution in [0.1, 0.15) is 5.56 Å². The number of anilines is 2. The molecule has 1 aliphatic heterocycles. The van der Waals surface area contributed by atoms with E-state index in [0.717, 1.165) is 21.9 Å². The van der Waals surface area contributed by atoms with E-state index in [9.17, 15) is 22.8 Å². The van der Waals surface area contributed by atoms with Crippen LogP contribution in [-0.2, 0) is 11.0 Å². The van der Waals surface area contributed by atoms with Crippen molar-refractivity contribution in [1.82, 2.24) is 4.98 Å². The van der Waals surface area contributed by atoms with Gasteiger partial charge in [0.1, 0.15) is 18.0 Å². The first-order valence-corrected chi connectivity index (χ1v) is 8.82. The third-order valence-electron chi connectivity index (χ3n) is 4.42. The standard InChI is InChI=1S/C21H14F3N3O3/c22-21(23,24)14-3-1-4-16(11-14)26-13-19(28)27(20(26)29)15-6-8-17(9-7-15)30-18-5-2-10-25-12-18/h1-12H,13H2. The number of halogens is 3. The average molecular weight is 413 g/mol. The smallest absolute Gasteiger partial charge is 0.416 e. The van der Waals surface area contributed by atoms with Gasteiger partial charge in [-0.25, -0.2) is 9.69 Å². The Bertz CT molecular complexity index is 1090. The van der Waals surface area contributed by atoms with E-state index in [1.165, 1.54) is 30.5 Å². The Hall–Kier alpha value is -3.88. The number of imide groups is 1. The summed E-state index contributed by atoms with van der Waals surface area (Å²) < 4.78 is 44.5. The number of pyridine rings is 1. The van der Waals surface area contributed by atoms with Gasteiger partial charge in [0.15, 0.2) is 0 Å². The number of hydrogen-bond donors (Lipinski definition) is 0. The molecule has 6 nitrogen and oxygen atoms in total. The number of carbonyl (C=O) groups excluding carboxylic acids is 2. The molecule has 2 aromatic carbocycles. The van der Waals surface area contributed by atoms with Gasteiger partial charge in [-0.1, -0.05) is 6.07 Å². The third kappa shape index (κ3) is 3.82. The largest absolute Gasteiger partial charge is 0.456 e. The van der Waals surface area contributed by atoms with E-state index in [2.05, 4.69) is 4.98 Å². The van der Waals surface area contributed by atoms with Crippen LogP contribution >= 0.6 is 0 Å². The van der Waals surface area contributed by atoms with Gasteiger partial charge in [-0.2, -0.15) is 13.2 Å². The van der Waals surface area contributed by atoms with Crippen molar-refractivity contribution in [3.8, 4) is 11.5 Å². The lowest BCUT2D eigenvalue weighted by molar-refractivity contribution is -0.137. The Morgan fingerprint density at radius 2 is 1.67 bits per heavy atom. The van der Waals surface area contributed by atoms with Gasteiger partial charge in [0.2, 0.25) is 0 Å². The topological polar surface area (TPSA) is 62.7 Å². The second-order valence-corrected chi connectivity index (χ2v) is 6.43. The van der Waals surface area contributed by atoms with Gasteiger partial charge < -0.3 is 4.74 Å². The monoisotopic (exact) mass is 413 g/mol. The van der Waals surface area contributed by atoms with Gasteiger partial charge in [0.25, 0.3) is 5.91 Å². The Morgan fingerprint density at radius 3 is 2.33 bits per heavy atom. The lowest BCUT2D eigenvalue weighted by atomic mass is 10.2. The number of alkyl halides is 3. The Labute approximate surface area is 169 Å². The highest BCUT2D eigenvalue weighted by Gasteiger charge is 2.39. The van der Waals surface area contributed by atoms with E-state index in [1.807, 2.05) is 0 Å². The number of nitrogens with zero attached hydrogens (tertiary/aromatic N) is 3. The van der Waals surface area contributed by atoms with E-state index < -0.39 is 23.7 Å². The van der Waals surface area contributed by atoms with Crippen molar-refractivity contribution in [3.63, 3.8) is 0 Å². The molecule has 30 heavy (non-hydrogen) atoms. The average Bonchev–Trinajstić information content (AvgIpc) is 3.03. The van der Waals surface area contributed by atoms with Crippen molar-refractivity contribution < 1.29 is 27.5 Å². The second-order valence-electron chi connectivity index (χ2n) is 6.43. The fourth-order valence-corrected chi connectivity index (χ4v) is 3.01. The lowest BCUT2D eigenvalue weighted by Gasteiger charge is -2.18. The summed E-state index contributed by atoms with van der Waals surface area (Å²) in [5.41, 5.74) is -0.601. The zero-order chi connectivity index (χ0) is 21.3. The Balaban J connectivity index is 1.55. The van der Waals surface area contributed by atoms with Gasteiger partial charge in [-0.05, 0) is 54.6 Å². The molecule has 1 aliphatic rings. The molecule has 3 amide bonds. The molecule has 9 heteroatoms. The van der Waals surface area contributed by atoms with Crippen molar-refractivity contribution in [2.24, 2.45) is 0 Å². The summed E-state index contributed by atoms with van der Waals surface area (Å²) >= 11 is 0. The second kappa shape index (κ2) is 7.51. The molecule has 3 aromatic rings. The summed E-state index contributed by atoms with van der Waals surface area (Å²) in [5, 5.41) is 0. The summed E-state index contributed by atoms with van der Waals surface area (Å²) in [7, 11) is 0. The maximum atomic E-state index is 13.0.